The molecule has 2 rings (SSSR count). The maximum Gasteiger partial charge on any atom is 0.120 e. The summed E-state index contributed by atoms with van der Waals surface area (Å²) >= 11 is 3.44. The Morgan fingerprint density at radius 1 is 1.42 bits per heavy atom. The number of nitrogens with one attached hydrogen (secondary N) is 1. The molecule has 0 fully saturated rings. The van der Waals surface area contributed by atoms with E-state index in [1.165, 1.54) is 0 Å². The van der Waals surface area contributed by atoms with Gasteiger partial charge >= 0.3 is 0 Å². The number of nitrogens with zero attached hydrogens (tertiary/aromatic N) is 2. The van der Waals surface area contributed by atoms with Crippen LogP contribution in [0, 0.1) is 0 Å². The first-order valence-electron chi connectivity index (χ1n) is 6.30. The van der Waals surface area contributed by atoms with Gasteiger partial charge in [-0.2, -0.15) is 5.10 Å². The third-order valence-electron chi connectivity index (χ3n) is 3.07. The topological polar surface area (TPSA) is 50.1 Å². The van der Waals surface area contributed by atoms with Gasteiger partial charge in [-0.3, -0.25) is 4.68 Å². The number of aryl methyl sites for hydroxylation is 1. The Labute approximate surface area is 121 Å². The van der Waals surface area contributed by atoms with Crippen LogP contribution in [-0.4, -0.2) is 14.9 Å². The summed E-state index contributed by atoms with van der Waals surface area (Å²) in [5.74, 6) is 0.323. The van der Waals surface area contributed by atoms with Crippen molar-refractivity contribution in [3.05, 3.63) is 46.2 Å². The van der Waals surface area contributed by atoms with Crippen molar-refractivity contribution >= 4 is 15.9 Å². The van der Waals surface area contributed by atoms with E-state index in [1.807, 2.05) is 31.4 Å². The smallest absolute Gasteiger partial charge is 0.120 e. The molecular formula is C14H18BrN3O. The van der Waals surface area contributed by atoms with E-state index < -0.39 is 0 Å². The summed E-state index contributed by atoms with van der Waals surface area (Å²) in [5.41, 5.74) is 1.91. The van der Waals surface area contributed by atoms with Gasteiger partial charge in [-0.05, 0) is 30.7 Å². The number of phenolic OH excluding ortho intramolecular Hbond substituents is 1. The highest BCUT2D eigenvalue weighted by molar-refractivity contribution is 9.10. The van der Waals surface area contributed by atoms with E-state index in [-0.39, 0.29) is 6.04 Å². The van der Waals surface area contributed by atoms with E-state index in [4.69, 9.17) is 0 Å². The van der Waals surface area contributed by atoms with Gasteiger partial charge in [0, 0.05) is 35.9 Å². The first-order chi connectivity index (χ1) is 9.10. The minimum absolute atomic E-state index is 0.111. The molecule has 0 bridgehead atoms. The number of benzene rings is 1. The molecule has 1 atom stereocenters. The predicted octanol–water partition coefficient (Wildman–Crippen LogP) is 3.13. The number of aromatic nitrogens is 2. The summed E-state index contributed by atoms with van der Waals surface area (Å²) < 4.78 is 2.76. The van der Waals surface area contributed by atoms with Gasteiger partial charge in [-0.25, -0.2) is 0 Å². The van der Waals surface area contributed by atoms with Crippen LogP contribution in [-0.2, 0) is 13.6 Å². The molecule has 2 N–H and O–H groups in total. The van der Waals surface area contributed by atoms with Crippen LogP contribution in [0.4, 0.5) is 0 Å². The second kappa shape index (κ2) is 6.21. The molecule has 0 spiro atoms. The van der Waals surface area contributed by atoms with Crippen molar-refractivity contribution in [1.82, 2.24) is 15.1 Å². The quantitative estimate of drug-likeness (QED) is 0.888. The SMILES string of the molecule is CCC(NCc1ccn(C)n1)c1cc(Br)ccc1O. The molecule has 0 saturated heterocycles. The molecule has 0 aliphatic rings. The van der Waals surface area contributed by atoms with Gasteiger partial charge in [0.1, 0.15) is 5.75 Å². The maximum atomic E-state index is 9.96. The molecule has 0 radical (unpaired) electrons. The van der Waals surface area contributed by atoms with E-state index >= 15 is 0 Å². The third-order valence-corrected chi connectivity index (χ3v) is 3.56. The van der Waals surface area contributed by atoms with Crippen LogP contribution in [0.5, 0.6) is 5.75 Å². The maximum absolute atomic E-state index is 9.96. The van der Waals surface area contributed by atoms with Crippen LogP contribution in [0.25, 0.3) is 0 Å². The number of phenols is 1. The highest BCUT2D eigenvalue weighted by Gasteiger charge is 2.14. The van der Waals surface area contributed by atoms with Crippen LogP contribution >= 0.6 is 15.9 Å². The van der Waals surface area contributed by atoms with Gasteiger partial charge in [0.2, 0.25) is 0 Å². The minimum Gasteiger partial charge on any atom is -0.508 e. The van der Waals surface area contributed by atoms with Crippen molar-refractivity contribution in [3.63, 3.8) is 0 Å². The fourth-order valence-corrected chi connectivity index (χ4v) is 2.44. The van der Waals surface area contributed by atoms with Crippen LogP contribution in [0.3, 0.4) is 0 Å². The van der Waals surface area contributed by atoms with Crippen LogP contribution in [0.1, 0.15) is 30.6 Å². The van der Waals surface area contributed by atoms with Crippen molar-refractivity contribution in [2.45, 2.75) is 25.9 Å². The zero-order valence-electron chi connectivity index (χ0n) is 11.1. The molecule has 2 aromatic rings. The second-order valence-electron chi connectivity index (χ2n) is 4.53. The monoisotopic (exact) mass is 323 g/mol. The summed E-state index contributed by atoms with van der Waals surface area (Å²) in [4.78, 5) is 0. The standard InChI is InChI=1S/C14H18BrN3O/c1-3-13(12-8-10(15)4-5-14(12)19)16-9-11-6-7-18(2)17-11/h4-8,13,16,19H,3,9H2,1-2H3. The Kier molecular flexibility index (Phi) is 4.61. The molecule has 1 unspecified atom stereocenters. The Hall–Kier alpha value is -1.33. The fraction of sp³-hybridized carbons (Fsp3) is 0.357. The van der Waals surface area contributed by atoms with E-state index in [0.717, 1.165) is 22.2 Å². The number of aromatic hydroxyl groups is 1. The van der Waals surface area contributed by atoms with E-state index in [2.05, 4.69) is 33.3 Å². The van der Waals surface area contributed by atoms with Crippen molar-refractivity contribution in [2.24, 2.45) is 7.05 Å². The van der Waals surface area contributed by atoms with Gasteiger partial charge in [0.15, 0.2) is 0 Å². The molecule has 102 valence electrons. The lowest BCUT2D eigenvalue weighted by atomic mass is 10.0. The summed E-state index contributed by atoms with van der Waals surface area (Å²) in [6.07, 6.45) is 2.82. The molecule has 1 aromatic heterocycles. The number of halogens is 1. The molecular weight excluding hydrogens is 306 g/mol. The van der Waals surface area contributed by atoms with Crippen molar-refractivity contribution in [2.75, 3.05) is 0 Å². The highest BCUT2D eigenvalue weighted by atomic mass is 79.9. The van der Waals surface area contributed by atoms with Crippen LogP contribution in [0.15, 0.2) is 34.9 Å². The van der Waals surface area contributed by atoms with Crippen LogP contribution < -0.4 is 5.32 Å². The summed E-state index contributed by atoms with van der Waals surface area (Å²) in [6.45, 7) is 2.78. The van der Waals surface area contributed by atoms with Gasteiger partial charge in [0.25, 0.3) is 0 Å². The molecule has 1 aromatic carbocycles. The van der Waals surface area contributed by atoms with Crippen LogP contribution in [0.2, 0.25) is 0 Å². The lowest BCUT2D eigenvalue weighted by Gasteiger charge is -2.18. The van der Waals surface area contributed by atoms with Crippen molar-refractivity contribution in [1.29, 1.82) is 0 Å². The second-order valence-corrected chi connectivity index (χ2v) is 5.44. The summed E-state index contributed by atoms with van der Waals surface area (Å²) in [5, 5.41) is 17.7. The fourth-order valence-electron chi connectivity index (χ4n) is 2.06. The lowest BCUT2D eigenvalue weighted by molar-refractivity contribution is 0.439. The number of hydrogen-bond acceptors (Lipinski definition) is 3. The third kappa shape index (κ3) is 3.58. The Morgan fingerprint density at radius 3 is 2.84 bits per heavy atom. The van der Waals surface area contributed by atoms with Crippen molar-refractivity contribution < 1.29 is 5.11 Å². The zero-order valence-corrected chi connectivity index (χ0v) is 12.7. The average Bonchev–Trinajstić information content (AvgIpc) is 2.80. The van der Waals surface area contributed by atoms with Gasteiger partial charge in [-0.15, -0.1) is 0 Å². The zero-order chi connectivity index (χ0) is 13.8. The van der Waals surface area contributed by atoms with E-state index in [1.54, 1.807) is 10.7 Å². The number of hydrogen-bond donors (Lipinski definition) is 2. The van der Waals surface area contributed by atoms with Gasteiger partial charge in [-0.1, -0.05) is 22.9 Å². The summed E-state index contributed by atoms with van der Waals surface area (Å²) in [6, 6.07) is 7.60. The van der Waals surface area contributed by atoms with E-state index in [0.29, 0.717) is 12.3 Å². The lowest BCUT2D eigenvalue weighted by Crippen LogP contribution is -2.20. The highest BCUT2D eigenvalue weighted by Crippen LogP contribution is 2.29. The average molecular weight is 324 g/mol. The predicted molar refractivity (Wildman–Crippen MR) is 78.9 cm³/mol. The minimum atomic E-state index is 0.111. The summed E-state index contributed by atoms with van der Waals surface area (Å²) in [7, 11) is 1.90. The molecule has 4 nitrogen and oxygen atoms in total. The first kappa shape index (κ1) is 14.1. The Morgan fingerprint density at radius 2 is 2.21 bits per heavy atom. The Balaban J connectivity index is 2.09. The first-order valence-corrected chi connectivity index (χ1v) is 7.09. The largest absolute Gasteiger partial charge is 0.508 e. The molecule has 5 heteroatoms. The molecule has 0 aliphatic heterocycles. The number of rotatable bonds is 5. The normalized spacial score (nSPS) is 12.6. The molecule has 1 heterocycles. The molecule has 19 heavy (non-hydrogen) atoms. The molecule has 0 aliphatic carbocycles. The molecule has 0 saturated carbocycles. The molecule has 0 amide bonds. The van der Waals surface area contributed by atoms with Crippen molar-refractivity contribution in [3.8, 4) is 5.75 Å². The van der Waals surface area contributed by atoms with E-state index in [9.17, 15) is 5.11 Å². The Bertz CT molecular complexity index is 553. The van der Waals surface area contributed by atoms with Gasteiger partial charge < -0.3 is 10.4 Å². The van der Waals surface area contributed by atoms with Gasteiger partial charge in [0.05, 0.1) is 5.69 Å².